The third-order valence-corrected chi connectivity index (χ3v) is 6.27. The molecular weight excluding hydrogens is 342 g/mol. The Morgan fingerprint density at radius 3 is 2.59 bits per heavy atom. The van der Waals surface area contributed by atoms with E-state index < -0.39 is 11.6 Å². The van der Waals surface area contributed by atoms with Crippen LogP contribution in [0.25, 0.3) is 0 Å². The molecule has 0 unspecified atom stereocenters. The quantitative estimate of drug-likeness (QED) is 0.473. The van der Waals surface area contributed by atoms with Crippen LogP contribution in [0.4, 0.5) is 4.79 Å². The Labute approximate surface area is 160 Å². The molecule has 3 rings (SSSR count). The first-order chi connectivity index (χ1) is 12.8. The van der Waals surface area contributed by atoms with E-state index in [9.17, 15) is 14.4 Å². The van der Waals surface area contributed by atoms with Crippen molar-refractivity contribution in [1.29, 1.82) is 0 Å². The highest BCUT2D eigenvalue weighted by Gasteiger charge is 2.52. The van der Waals surface area contributed by atoms with E-state index in [4.69, 9.17) is 0 Å². The molecule has 1 saturated carbocycles. The first-order valence-electron chi connectivity index (χ1n) is 9.78. The largest absolute Gasteiger partial charge is 0.345 e. The fraction of sp³-hybridized carbons (Fsp3) is 0.571. The van der Waals surface area contributed by atoms with Crippen LogP contribution in [0.5, 0.6) is 0 Å². The fourth-order valence-electron chi connectivity index (χ4n) is 4.46. The Balaban J connectivity index is 1.75. The number of ketones is 1. The third kappa shape index (κ3) is 3.33. The zero-order chi connectivity index (χ0) is 19.8. The summed E-state index contributed by atoms with van der Waals surface area (Å²) in [7, 11) is 0. The van der Waals surface area contributed by atoms with Gasteiger partial charge >= 0.3 is 6.03 Å². The average molecular weight is 371 g/mol. The predicted octanol–water partition coefficient (Wildman–Crippen LogP) is 3.36. The molecule has 2 fully saturated rings. The van der Waals surface area contributed by atoms with Gasteiger partial charge in [0.15, 0.2) is 5.78 Å². The summed E-state index contributed by atoms with van der Waals surface area (Å²) in [4.78, 5) is 39.4. The summed E-state index contributed by atoms with van der Waals surface area (Å²) in [5, 5.41) is 2.89. The van der Waals surface area contributed by atoms with E-state index in [1.165, 1.54) is 0 Å². The molecule has 1 aromatic rings. The molecule has 2 aliphatic rings. The lowest BCUT2D eigenvalue weighted by Gasteiger charge is -2.34. The Kier molecular flexibility index (Phi) is 5.27. The molecule has 1 saturated heterocycles. The summed E-state index contributed by atoms with van der Waals surface area (Å²) in [6.07, 6.45) is 6.08. The van der Waals surface area contributed by atoms with Gasteiger partial charge in [-0.25, -0.2) is 4.79 Å². The number of hydrogen-bond donors (Lipinski definition) is 1. The first-order valence-corrected chi connectivity index (χ1v) is 9.78. The predicted molar refractivity (Wildman–Crippen MR) is 104 cm³/mol. The standard InChI is InChI=1S/C21H29N3O3/c1-5-11-23-14(3)12-17(15(23)4)18(25)13-24-19(26)21(22-20(24)27)9-7-16(6-2)8-10-21/h5,12,16H,1,6-11,13H2,2-4H3,(H,22,27). The molecule has 0 radical (unpaired) electrons. The third-order valence-electron chi connectivity index (χ3n) is 6.27. The molecule has 146 valence electrons. The van der Waals surface area contributed by atoms with Crippen LogP contribution in [-0.2, 0) is 11.3 Å². The van der Waals surface area contributed by atoms with Crippen molar-refractivity contribution < 1.29 is 14.4 Å². The van der Waals surface area contributed by atoms with Gasteiger partial charge < -0.3 is 9.88 Å². The fourth-order valence-corrected chi connectivity index (χ4v) is 4.46. The number of aryl methyl sites for hydroxylation is 1. The summed E-state index contributed by atoms with van der Waals surface area (Å²) in [5.74, 6) is 0.169. The number of amides is 3. The molecule has 1 aromatic heterocycles. The van der Waals surface area contributed by atoms with Gasteiger partial charge in [-0.2, -0.15) is 0 Å². The highest BCUT2D eigenvalue weighted by molar-refractivity contribution is 6.11. The van der Waals surface area contributed by atoms with Gasteiger partial charge in [0.1, 0.15) is 5.54 Å². The van der Waals surface area contributed by atoms with Gasteiger partial charge in [0.05, 0.1) is 6.54 Å². The highest BCUT2D eigenvalue weighted by Crippen LogP contribution is 2.37. The molecule has 27 heavy (non-hydrogen) atoms. The van der Waals surface area contributed by atoms with E-state index in [-0.39, 0.29) is 18.2 Å². The topological polar surface area (TPSA) is 71.4 Å². The van der Waals surface area contributed by atoms with E-state index >= 15 is 0 Å². The number of nitrogens with zero attached hydrogens (tertiary/aromatic N) is 2. The summed E-state index contributed by atoms with van der Waals surface area (Å²) in [6.45, 7) is 10.1. The van der Waals surface area contributed by atoms with Crippen molar-refractivity contribution in [3.05, 3.63) is 35.7 Å². The lowest BCUT2D eigenvalue weighted by atomic mass is 9.75. The Hall–Kier alpha value is -2.37. The number of carbonyl (C=O) groups is 3. The van der Waals surface area contributed by atoms with E-state index in [1.807, 2.05) is 24.5 Å². The van der Waals surface area contributed by atoms with Crippen LogP contribution in [0.1, 0.15) is 60.8 Å². The Morgan fingerprint density at radius 2 is 2.00 bits per heavy atom. The van der Waals surface area contributed by atoms with Gasteiger partial charge in [0.2, 0.25) is 0 Å². The second-order valence-corrected chi connectivity index (χ2v) is 7.86. The van der Waals surface area contributed by atoms with Crippen LogP contribution in [0.3, 0.4) is 0 Å². The number of hydrogen-bond acceptors (Lipinski definition) is 3. The molecule has 1 aliphatic heterocycles. The van der Waals surface area contributed by atoms with Crippen LogP contribution >= 0.6 is 0 Å². The Morgan fingerprint density at radius 1 is 1.33 bits per heavy atom. The second-order valence-electron chi connectivity index (χ2n) is 7.86. The molecular formula is C21H29N3O3. The maximum Gasteiger partial charge on any atom is 0.325 e. The molecule has 6 heteroatoms. The SMILES string of the molecule is C=CCn1c(C)cc(C(=O)CN2C(=O)NC3(CCC(CC)CC3)C2=O)c1C. The molecule has 6 nitrogen and oxygen atoms in total. The van der Waals surface area contributed by atoms with Crippen molar-refractivity contribution in [1.82, 2.24) is 14.8 Å². The number of aromatic nitrogens is 1. The Bertz CT molecular complexity index is 785. The number of Topliss-reactive ketones (excluding diaryl/α,β-unsaturated/α-hetero) is 1. The number of imide groups is 1. The zero-order valence-corrected chi connectivity index (χ0v) is 16.5. The summed E-state index contributed by atoms with van der Waals surface area (Å²) < 4.78 is 2.00. The number of nitrogens with one attached hydrogen (secondary N) is 1. The normalized spacial score (nSPS) is 25.1. The average Bonchev–Trinajstić information content (AvgIpc) is 3.05. The van der Waals surface area contributed by atoms with Crippen molar-refractivity contribution in [3.63, 3.8) is 0 Å². The van der Waals surface area contributed by atoms with Crippen LogP contribution in [0, 0.1) is 19.8 Å². The molecule has 1 spiro atoms. The maximum atomic E-state index is 13.0. The molecule has 2 heterocycles. The van der Waals surface area contributed by atoms with Crippen LogP contribution in [0.2, 0.25) is 0 Å². The van der Waals surface area contributed by atoms with Crippen molar-refractivity contribution >= 4 is 17.7 Å². The van der Waals surface area contributed by atoms with Crippen LogP contribution in [-0.4, -0.2) is 39.3 Å². The number of allylic oxidation sites excluding steroid dienone is 1. The lowest BCUT2D eigenvalue weighted by molar-refractivity contribution is -0.132. The number of urea groups is 1. The molecule has 1 N–H and O–H groups in total. The minimum atomic E-state index is -0.803. The van der Waals surface area contributed by atoms with Crippen molar-refractivity contribution in [2.24, 2.45) is 5.92 Å². The van der Waals surface area contributed by atoms with Crippen molar-refractivity contribution in [2.75, 3.05) is 6.54 Å². The zero-order valence-electron chi connectivity index (χ0n) is 16.5. The van der Waals surface area contributed by atoms with Crippen LogP contribution in [0.15, 0.2) is 18.7 Å². The molecule has 0 aromatic carbocycles. The van der Waals surface area contributed by atoms with Gasteiger partial charge in [-0.3, -0.25) is 14.5 Å². The summed E-state index contributed by atoms with van der Waals surface area (Å²) in [5.41, 5.74) is 1.55. The van der Waals surface area contributed by atoms with E-state index in [1.54, 1.807) is 6.08 Å². The second kappa shape index (κ2) is 7.33. The lowest BCUT2D eigenvalue weighted by Crippen LogP contribution is -2.49. The summed E-state index contributed by atoms with van der Waals surface area (Å²) in [6, 6.07) is 1.38. The van der Waals surface area contributed by atoms with Crippen LogP contribution < -0.4 is 5.32 Å². The van der Waals surface area contributed by atoms with Gasteiger partial charge in [-0.1, -0.05) is 19.4 Å². The minimum Gasteiger partial charge on any atom is -0.345 e. The van der Waals surface area contributed by atoms with Gasteiger partial charge in [0, 0.05) is 23.5 Å². The van der Waals surface area contributed by atoms with E-state index in [0.717, 1.165) is 35.6 Å². The van der Waals surface area contributed by atoms with E-state index in [0.29, 0.717) is 30.9 Å². The smallest absolute Gasteiger partial charge is 0.325 e. The molecule has 1 aliphatic carbocycles. The summed E-state index contributed by atoms with van der Waals surface area (Å²) >= 11 is 0. The highest BCUT2D eigenvalue weighted by atomic mass is 16.2. The number of rotatable bonds is 6. The number of carbonyl (C=O) groups excluding carboxylic acids is 3. The van der Waals surface area contributed by atoms with Gasteiger partial charge in [0.25, 0.3) is 5.91 Å². The first kappa shape index (κ1) is 19.4. The van der Waals surface area contributed by atoms with Crippen molar-refractivity contribution in [2.45, 2.75) is 65.0 Å². The van der Waals surface area contributed by atoms with Gasteiger partial charge in [-0.05, 0) is 51.5 Å². The van der Waals surface area contributed by atoms with Gasteiger partial charge in [-0.15, -0.1) is 6.58 Å². The monoisotopic (exact) mass is 371 g/mol. The molecule has 0 bridgehead atoms. The molecule has 0 atom stereocenters. The van der Waals surface area contributed by atoms with E-state index in [2.05, 4.69) is 18.8 Å². The van der Waals surface area contributed by atoms with Crippen molar-refractivity contribution in [3.8, 4) is 0 Å². The molecule has 3 amide bonds. The minimum absolute atomic E-state index is 0.206. The maximum absolute atomic E-state index is 13.0.